The van der Waals surface area contributed by atoms with Gasteiger partial charge in [-0.25, -0.2) is 0 Å². The summed E-state index contributed by atoms with van der Waals surface area (Å²) in [6.07, 6.45) is 1.31. The molecule has 28 heavy (non-hydrogen) atoms. The summed E-state index contributed by atoms with van der Waals surface area (Å²) in [5.74, 6) is -0.254. The molecule has 0 aliphatic rings. The standard InChI is InChI=1S/C20H19N3O4S/c1-13-4-3-5-17(14(13)2)22-20(25)16(12-21)10-15-6-7-19(28-9-8-24)18(11-15)23(26)27/h3-7,10-11,24H,8-9H2,1-2H3,(H,22,25). The zero-order valence-corrected chi connectivity index (χ0v) is 16.2. The summed E-state index contributed by atoms with van der Waals surface area (Å²) < 4.78 is 0. The molecule has 0 bridgehead atoms. The summed E-state index contributed by atoms with van der Waals surface area (Å²) in [5, 5.41) is 32.3. The number of hydrogen-bond acceptors (Lipinski definition) is 6. The van der Waals surface area contributed by atoms with E-state index in [0.717, 1.165) is 22.9 Å². The molecule has 2 N–H and O–H groups in total. The van der Waals surface area contributed by atoms with Crippen LogP contribution in [0.15, 0.2) is 46.9 Å². The summed E-state index contributed by atoms with van der Waals surface area (Å²) in [4.78, 5) is 23.7. The topological polar surface area (TPSA) is 116 Å². The molecule has 7 nitrogen and oxygen atoms in total. The maximum atomic E-state index is 12.5. The van der Waals surface area contributed by atoms with Crippen molar-refractivity contribution in [2.24, 2.45) is 0 Å². The minimum Gasteiger partial charge on any atom is -0.396 e. The van der Waals surface area contributed by atoms with Crippen LogP contribution in [0, 0.1) is 35.3 Å². The lowest BCUT2D eigenvalue weighted by molar-refractivity contribution is -0.387. The second-order valence-corrected chi connectivity index (χ2v) is 7.06. The van der Waals surface area contributed by atoms with Crippen LogP contribution in [0.1, 0.15) is 16.7 Å². The van der Waals surface area contributed by atoms with Crippen molar-refractivity contribution >= 4 is 35.1 Å². The first kappa shape index (κ1) is 21.2. The smallest absolute Gasteiger partial charge is 0.283 e. The Morgan fingerprint density at radius 2 is 2.11 bits per heavy atom. The van der Waals surface area contributed by atoms with Crippen molar-refractivity contribution < 1.29 is 14.8 Å². The summed E-state index contributed by atoms with van der Waals surface area (Å²) in [6.45, 7) is 3.69. The van der Waals surface area contributed by atoms with Gasteiger partial charge in [-0.05, 0) is 48.7 Å². The number of aliphatic hydroxyl groups excluding tert-OH is 1. The molecule has 144 valence electrons. The molecular weight excluding hydrogens is 378 g/mol. The fourth-order valence-electron chi connectivity index (χ4n) is 2.44. The molecule has 8 heteroatoms. The van der Waals surface area contributed by atoms with Crippen molar-refractivity contribution in [2.75, 3.05) is 17.7 Å². The maximum absolute atomic E-state index is 12.5. The Bertz CT molecular complexity index is 980. The van der Waals surface area contributed by atoms with E-state index < -0.39 is 10.8 Å². The van der Waals surface area contributed by atoms with Gasteiger partial charge in [0.25, 0.3) is 11.6 Å². The highest BCUT2D eigenvalue weighted by molar-refractivity contribution is 7.99. The Labute approximate surface area is 166 Å². The quantitative estimate of drug-likeness (QED) is 0.241. The minimum atomic E-state index is -0.586. The number of nitrogens with one attached hydrogen (secondary N) is 1. The first-order valence-electron chi connectivity index (χ1n) is 8.38. The predicted octanol–water partition coefficient (Wildman–Crippen LogP) is 3.84. The molecule has 0 spiro atoms. The van der Waals surface area contributed by atoms with E-state index in [1.54, 1.807) is 24.3 Å². The van der Waals surface area contributed by atoms with Crippen LogP contribution < -0.4 is 5.32 Å². The SMILES string of the molecule is Cc1cccc(NC(=O)C(C#N)=Cc2ccc(SCCO)c([N+](=O)[O-])c2)c1C. The third kappa shape index (κ3) is 5.19. The van der Waals surface area contributed by atoms with Gasteiger partial charge in [-0.2, -0.15) is 5.26 Å². The van der Waals surface area contributed by atoms with E-state index in [2.05, 4.69) is 5.32 Å². The number of nitriles is 1. The van der Waals surface area contributed by atoms with Crippen molar-refractivity contribution in [3.05, 3.63) is 68.8 Å². The third-order valence-electron chi connectivity index (χ3n) is 4.06. The van der Waals surface area contributed by atoms with Gasteiger partial charge in [0.15, 0.2) is 0 Å². The fourth-order valence-corrected chi connectivity index (χ4v) is 3.19. The minimum absolute atomic E-state index is 0.0966. The first-order chi connectivity index (χ1) is 13.4. The highest BCUT2D eigenvalue weighted by Gasteiger charge is 2.16. The van der Waals surface area contributed by atoms with Crippen molar-refractivity contribution in [1.82, 2.24) is 0 Å². The molecule has 0 atom stereocenters. The largest absolute Gasteiger partial charge is 0.396 e. The van der Waals surface area contributed by atoms with E-state index in [4.69, 9.17) is 5.11 Å². The lowest BCUT2D eigenvalue weighted by Gasteiger charge is -2.10. The summed E-state index contributed by atoms with van der Waals surface area (Å²) in [5.41, 5.74) is 2.58. The average Bonchev–Trinajstić information content (AvgIpc) is 2.68. The van der Waals surface area contributed by atoms with Crippen LogP contribution in [0.2, 0.25) is 0 Å². The number of aryl methyl sites for hydroxylation is 1. The van der Waals surface area contributed by atoms with Crippen LogP contribution >= 0.6 is 11.8 Å². The number of thioether (sulfide) groups is 1. The molecular formula is C20H19N3O4S. The van der Waals surface area contributed by atoms with Gasteiger partial charge in [-0.3, -0.25) is 14.9 Å². The number of carbonyl (C=O) groups excluding carboxylic acids is 1. The zero-order valence-electron chi connectivity index (χ0n) is 15.4. The molecule has 2 rings (SSSR count). The van der Waals surface area contributed by atoms with Crippen LogP contribution in [0.25, 0.3) is 6.08 Å². The van der Waals surface area contributed by atoms with Gasteiger partial charge >= 0.3 is 0 Å². The van der Waals surface area contributed by atoms with E-state index >= 15 is 0 Å². The molecule has 0 radical (unpaired) electrons. The first-order valence-corrected chi connectivity index (χ1v) is 9.37. The highest BCUT2D eigenvalue weighted by atomic mass is 32.2. The Morgan fingerprint density at radius 1 is 1.36 bits per heavy atom. The van der Waals surface area contributed by atoms with Gasteiger partial charge in [0.2, 0.25) is 0 Å². The van der Waals surface area contributed by atoms with Gasteiger partial charge in [0.05, 0.1) is 16.4 Å². The molecule has 0 heterocycles. The number of amides is 1. The van der Waals surface area contributed by atoms with Crippen molar-refractivity contribution in [2.45, 2.75) is 18.7 Å². The zero-order chi connectivity index (χ0) is 20.7. The van der Waals surface area contributed by atoms with Crippen molar-refractivity contribution in [3.8, 4) is 6.07 Å². The van der Waals surface area contributed by atoms with Crippen LogP contribution in [0.5, 0.6) is 0 Å². The van der Waals surface area contributed by atoms with Gasteiger partial charge in [-0.1, -0.05) is 18.2 Å². The molecule has 0 aliphatic carbocycles. The molecule has 2 aromatic rings. The Kier molecular flexibility index (Phi) is 7.32. The van der Waals surface area contributed by atoms with E-state index in [1.165, 1.54) is 12.1 Å². The summed E-state index contributed by atoms with van der Waals surface area (Å²) in [6, 6.07) is 11.8. The molecule has 1 amide bonds. The average molecular weight is 397 g/mol. The van der Waals surface area contributed by atoms with Crippen LogP contribution in [-0.4, -0.2) is 28.3 Å². The summed E-state index contributed by atoms with van der Waals surface area (Å²) >= 11 is 1.16. The van der Waals surface area contributed by atoms with Gasteiger partial charge < -0.3 is 10.4 Å². The Balaban J connectivity index is 2.31. The lowest BCUT2D eigenvalue weighted by atomic mass is 10.1. The van der Waals surface area contributed by atoms with Crippen LogP contribution in [0.3, 0.4) is 0 Å². The number of carbonyl (C=O) groups is 1. The number of nitrogens with zero attached hydrogens (tertiary/aromatic N) is 2. The van der Waals surface area contributed by atoms with E-state index in [9.17, 15) is 20.2 Å². The lowest BCUT2D eigenvalue weighted by Crippen LogP contribution is -2.14. The van der Waals surface area contributed by atoms with Gasteiger partial charge in [-0.15, -0.1) is 11.8 Å². The van der Waals surface area contributed by atoms with Crippen LogP contribution in [0.4, 0.5) is 11.4 Å². The van der Waals surface area contributed by atoms with E-state index in [0.29, 0.717) is 21.9 Å². The number of nitro groups is 1. The maximum Gasteiger partial charge on any atom is 0.283 e. The molecule has 0 saturated heterocycles. The predicted molar refractivity (Wildman–Crippen MR) is 109 cm³/mol. The Morgan fingerprint density at radius 3 is 2.75 bits per heavy atom. The molecule has 0 unspecified atom stereocenters. The number of benzene rings is 2. The molecule has 0 aliphatic heterocycles. The third-order valence-corrected chi connectivity index (χ3v) is 5.10. The van der Waals surface area contributed by atoms with Gasteiger partial charge in [0, 0.05) is 17.5 Å². The van der Waals surface area contributed by atoms with Gasteiger partial charge in [0.1, 0.15) is 11.6 Å². The molecule has 0 fully saturated rings. The number of nitro benzene ring substituents is 1. The van der Waals surface area contributed by atoms with Crippen molar-refractivity contribution in [3.63, 3.8) is 0 Å². The van der Waals surface area contributed by atoms with Crippen LogP contribution in [-0.2, 0) is 4.79 Å². The number of rotatable bonds is 7. The Hall–Kier alpha value is -3.15. The molecule has 0 saturated carbocycles. The van der Waals surface area contributed by atoms with E-state index in [1.807, 2.05) is 26.0 Å². The normalized spacial score (nSPS) is 11.0. The fraction of sp³-hybridized carbons (Fsp3) is 0.200. The second kappa shape index (κ2) is 9.69. The van der Waals surface area contributed by atoms with E-state index in [-0.39, 0.29) is 17.9 Å². The number of aliphatic hydroxyl groups is 1. The highest BCUT2D eigenvalue weighted by Crippen LogP contribution is 2.30. The number of hydrogen-bond donors (Lipinski definition) is 2. The van der Waals surface area contributed by atoms with Crippen molar-refractivity contribution in [1.29, 1.82) is 5.26 Å². The molecule has 2 aromatic carbocycles. The monoisotopic (exact) mass is 397 g/mol. The summed E-state index contributed by atoms with van der Waals surface area (Å²) in [7, 11) is 0. The molecule has 0 aromatic heterocycles. The second-order valence-electron chi connectivity index (χ2n) is 5.93. The number of anilines is 1.